The topological polar surface area (TPSA) is 63.2 Å². The van der Waals surface area contributed by atoms with Crippen LogP contribution in [0.3, 0.4) is 0 Å². The van der Waals surface area contributed by atoms with Gasteiger partial charge >= 0.3 is 5.97 Å². The highest BCUT2D eigenvalue weighted by atomic mass is 16.8. The van der Waals surface area contributed by atoms with Crippen molar-refractivity contribution >= 4 is 5.97 Å². The molecule has 0 radical (unpaired) electrons. The number of carbonyl (C=O) groups is 1. The van der Waals surface area contributed by atoms with E-state index in [0.29, 0.717) is 13.0 Å². The average molecular weight is 360 g/mol. The molecule has 6 nitrogen and oxygen atoms in total. The molecule has 0 bridgehead atoms. The van der Waals surface area contributed by atoms with Crippen LogP contribution in [0.5, 0.6) is 0 Å². The maximum atomic E-state index is 11.6. The summed E-state index contributed by atoms with van der Waals surface area (Å²) < 4.78 is 30.0. The number of ether oxygens (including phenoxy) is 5. The number of esters is 1. The summed E-state index contributed by atoms with van der Waals surface area (Å²) >= 11 is 0. The highest BCUT2D eigenvalue weighted by molar-refractivity contribution is 5.66. The van der Waals surface area contributed by atoms with Crippen LogP contribution >= 0.6 is 0 Å². The van der Waals surface area contributed by atoms with Crippen molar-refractivity contribution in [2.45, 2.75) is 69.8 Å². The Morgan fingerprint density at radius 1 is 1.19 bits per heavy atom. The molecule has 1 aromatic carbocycles. The maximum absolute atomic E-state index is 11.6. The Kier molecular flexibility index (Phi) is 4.39. The number of hydrogen-bond acceptors (Lipinski definition) is 6. The quantitative estimate of drug-likeness (QED) is 0.608. The minimum absolute atomic E-state index is 0.345. The van der Waals surface area contributed by atoms with Crippen LogP contribution in [0.1, 0.15) is 32.8 Å². The van der Waals surface area contributed by atoms with Crippen LogP contribution < -0.4 is 0 Å². The number of benzene rings is 1. The van der Waals surface area contributed by atoms with Gasteiger partial charge in [-0.3, -0.25) is 4.79 Å². The summed E-state index contributed by atoms with van der Waals surface area (Å²) in [5.74, 6) is -1.09. The van der Waals surface area contributed by atoms with Gasteiger partial charge < -0.3 is 23.7 Å². The fraction of sp³-hybridized carbons (Fsp3) is 0.550. The normalized spacial score (nSPS) is 37.2. The van der Waals surface area contributed by atoms with Crippen molar-refractivity contribution in [1.29, 1.82) is 0 Å². The van der Waals surface area contributed by atoms with E-state index >= 15 is 0 Å². The summed E-state index contributed by atoms with van der Waals surface area (Å²) in [6, 6.07) is 9.91. The molecule has 3 aliphatic rings. The molecule has 5 atom stereocenters. The molecule has 0 amide bonds. The van der Waals surface area contributed by atoms with E-state index in [2.05, 4.69) is 0 Å². The summed E-state index contributed by atoms with van der Waals surface area (Å²) in [6.07, 6.45) is 2.60. The fourth-order valence-corrected chi connectivity index (χ4v) is 3.96. The first-order chi connectivity index (χ1) is 12.4. The molecule has 4 rings (SSSR count). The molecule has 2 aliphatic heterocycles. The van der Waals surface area contributed by atoms with E-state index in [1.54, 1.807) is 0 Å². The predicted octanol–water partition coefficient (Wildman–Crippen LogP) is 2.71. The minimum atomic E-state index is -0.897. The van der Waals surface area contributed by atoms with E-state index in [4.69, 9.17) is 23.7 Å². The third-order valence-corrected chi connectivity index (χ3v) is 4.96. The number of carbonyl (C=O) groups excluding carboxylic acids is 1. The summed E-state index contributed by atoms with van der Waals surface area (Å²) in [7, 11) is 0. The third-order valence-electron chi connectivity index (χ3n) is 4.96. The van der Waals surface area contributed by atoms with Gasteiger partial charge in [0.25, 0.3) is 0 Å². The van der Waals surface area contributed by atoms with E-state index in [9.17, 15) is 4.79 Å². The van der Waals surface area contributed by atoms with E-state index < -0.39 is 36.0 Å². The van der Waals surface area contributed by atoms with Gasteiger partial charge in [-0.15, -0.1) is 0 Å². The molecule has 26 heavy (non-hydrogen) atoms. The van der Waals surface area contributed by atoms with Gasteiger partial charge in [0.05, 0.1) is 6.61 Å². The average Bonchev–Trinajstić information content (AvgIpc) is 3.18. The van der Waals surface area contributed by atoms with Crippen LogP contribution in [-0.2, 0) is 35.1 Å². The Labute approximate surface area is 153 Å². The molecule has 2 heterocycles. The molecule has 6 heteroatoms. The lowest BCUT2D eigenvalue weighted by Gasteiger charge is -2.36. The Balaban J connectivity index is 1.60. The zero-order valence-electron chi connectivity index (χ0n) is 15.2. The van der Waals surface area contributed by atoms with E-state index in [1.807, 2.05) is 56.3 Å². The first-order valence-corrected chi connectivity index (χ1v) is 8.93. The molecular formula is C20H24O6. The van der Waals surface area contributed by atoms with Crippen molar-refractivity contribution in [3.63, 3.8) is 0 Å². The molecule has 2 saturated heterocycles. The smallest absolute Gasteiger partial charge is 0.303 e. The minimum Gasteiger partial charge on any atom is -0.459 e. The van der Waals surface area contributed by atoms with Crippen LogP contribution in [-0.4, -0.2) is 42.0 Å². The van der Waals surface area contributed by atoms with Crippen molar-refractivity contribution in [3.8, 4) is 0 Å². The first kappa shape index (κ1) is 17.7. The monoisotopic (exact) mass is 360 g/mol. The highest BCUT2D eigenvalue weighted by Gasteiger charge is 2.66. The second-order valence-electron chi connectivity index (χ2n) is 7.39. The van der Waals surface area contributed by atoms with Gasteiger partial charge in [-0.25, -0.2) is 0 Å². The van der Waals surface area contributed by atoms with Gasteiger partial charge in [-0.2, -0.15) is 0 Å². The van der Waals surface area contributed by atoms with Crippen molar-refractivity contribution < 1.29 is 28.5 Å². The van der Waals surface area contributed by atoms with Gasteiger partial charge in [0.15, 0.2) is 17.7 Å². The van der Waals surface area contributed by atoms with Crippen LogP contribution in [0.4, 0.5) is 0 Å². The number of hydrogen-bond donors (Lipinski definition) is 0. The highest BCUT2D eigenvalue weighted by Crippen LogP contribution is 2.49. The van der Waals surface area contributed by atoms with Crippen LogP contribution in [0.15, 0.2) is 42.5 Å². The van der Waals surface area contributed by atoms with Crippen molar-refractivity contribution in [2.24, 2.45) is 0 Å². The Morgan fingerprint density at radius 3 is 2.69 bits per heavy atom. The number of rotatable bonds is 4. The van der Waals surface area contributed by atoms with Crippen LogP contribution in [0.25, 0.3) is 0 Å². The van der Waals surface area contributed by atoms with Crippen molar-refractivity contribution in [1.82, 2.24) is 0 Å². The third kappa shape index (κ3) is 3.07. The second-order valence-corrected chi connectivity index (χ2v) is 7.39. The van der Waals surface area contributed by atoms with Gasteiger partial charge in [0.1, 0.15) is 18.3 Å². The van der Waals surface area contributed by atoms with Gasteiger partial charge in [-0.05, 0) is 19.4 Å². The lowest BCUT2D eigenvalue weighted by atomic mass is 9.91. The lowest BCUT2D eigenvalue weighted by molar-refractivity contribution is -0.251. The molecule has 140 valence electrons. The molecule has 0 aromatic heterocycles. The summed E-state index contributed by atoms with van der Waals surface area (Å²) in [6.45, 7) is 5.51. The Hall–Kier alpha value is -1.73. The molecular weight excluding hydrogens is 336 g/mol. The van der Waals surface area contributed by atoms with Crippen molar-refractivity contribution in [2.75, 3.05) is 0 Å². The van der Waals surface area contributed by atoms with Gasteiger partial charge in [0, 0.05) is 13.3 Å². The maximum Gasteiger partial charge on any atom is 0.303 e. The van der Waals surface area contributed by atoms with Crippen LogP contribution in [0, 0.1) is 0 Å². The standard InChI is InChI=1S/C20H24O6/c1-13(21)23-15-10-7-11-20(15)17(22-12-14-8-5-4-6-9-14)16-18(26-20)25-19(2,3)24-16/h4-9,11,15-18H,10,12H2,1-3H3/t15-,16+,17+,18-,20-/m0/s1. The first-order valence-electron chi connectivity index (χ1n) is 8.93. The molecule has 0 unspecified atom stereocenters. The zero-order chi connectivity index (χ0) is 18.4. The molecule has 1 aromatic rings. The van der Waals surface area contributed by atoms with E-state index in [-0.39, 0.29) is 5.97 Å². The van der Waals surface area contributed by atoms with E-state index in [0.717, 1.165) is 5.56 Å². The fourth-order valence-electron chi connectivity index (χ4n) is 3.96. The SMILES string of the molecule is CC(=O)O[C@H]1CC=C[C@]12O[C@@H]1OC(C)(C)O[C@@H]1[C@H]2OCc1ccccc1. The van der Waals surface area contributed by atoms with E-state index in [1.165, 1.54) is 6.92 Å². The largest absolute Gasteiger partial charge is 0.459 e. The van der Waals surface area contributed by atoms with Crippen LogP contribution in [0.2, 0.25) is 0 Å². The zero-order valence-corrected chi connectivity index (χ0v) is 15.2. The molecule has 1 aliphatic carbocycles. The second kappa shape index (κ2) is 6.46. The summed E-state index contributed by atoms with van der Waals surface area (Å²) in [4.78, 5) is 11.6. The summed E-state index contributed by atoms with van der Waals surface area (Å²) in [5, 5.41) is 0. The lowest BCUT2D eigenvalue weighted by Crippen LogP contribution is -2.52. The molecule has 0 N–H and O–H groups in total. The Bertz CT molecular complexity index is 700. The molecule has 0 saturated carbocycles. The predicted molar refractivity (Wildman–Crippen MR) is 92.0 cm³/mol. The molecule has 1 spiro atoms. The van der Waals surface area contributed by atoms with Gasteiger partial charge in [-0.1, -0.05) is 42.5 Å². The summed E-state index contributed by atoms with van der Waals surface area (Å²) in [5.41, 5.74) is 0.155. The number of fused-ring (bicyclic) bond motifs is 1. The van der Waals surface area contributed by atoms with Crippen molar-refractivity contribution in [3.05, 3.63) is 48.0 Å². The Morgan fingerprint density at radius 2 is 1.96 bits per heavy atom. The molecule has 2 fully saturated rings. The van der Waals surface area contributed by atoms with Gasteiger partial charge in [0.2, 0.25) is 0 Å².